The van der Waals surface area contributed by atoms with E-state index in [9.17, 15) is 5.26 Å². The molecule has 0 unspecified atom stereocenters. The maximum Gasteiger partial charge on any atom is 0.147 e. The minimum absolute atomic E-state index is 0.664. The molecule has 0 saturated heterocycles. The SMILES string of the molecule is CN(CC1CC1)c1nc2ccccc2cc1C#N. The Hall–Kier alpha value is -2.08. The van der Waals surface area contributed by atoms with E-state index in [0.717, 1.165) is 29.2 Å². The molecular weight excluding hydrogens is 222 g/mol. The molecule has 3 heteroatoms. The fraction of sp³-hybridized carbons (Fsp3) is 0.333. The monoisotopic (exact) mass is 237 g/mol. The van der Waals surface area contributed by atoms with E-state index in [1.165, 1.54) is 12.8 Å². The summed E-state index contributed by atoms with van der Waals surface area (Å²) in [6, 6.07) is 12.1. The Bertz CT molecular complexity index is 623. The zero-order chi connectivity index (χ0) is 12.5. The number of nitriles is 1. The Balaban J connectivity index is 2.05. The van der Waals surface area contributed by atoms with Crippen LogP contribution in [0, 0.1) is 17.2 Å². The van der Waals surface area contributed by atoms with E-state index in [4.69, 9.17) is 0 Å². The van der Waals surface area contributed by atoms with Gasteiger partial charge in [-0.1, -0.05) is 18.2 Å². The normalized spacial score (nSPS) is 14.4. The summed E-state index contributed by atoms with van der Waals surface area (Å²) < 4.78 is 0. The van der Waals surface area contributed by atoms with Gasteiger partial charge in [0.2, 0.25) is 0 Å². The van der Waals surface area contributed by atoms with Crippen molar-refractivity contribution in [2.75, 3.05) is 18.5 Å². The van der Waals surface area contributed by atoms with Gasteiger partial charge in [-0.2, -0.15) is 5.26 Å². The highest BCUT2D eigenvalue weighted by Crippen LogP contribution is 2.31. The molecule has 18 heavy (non-hydrogen) atoms. The molecule has 1 fully saturated rings. The first-order valence-electron chi connectivity index (χ1n) is 6.29. The van der Waals surface area contributed by atoms with E-state index in [0.29, 0.717) is 5.56 Å². The molecule has 0 atom stereocenters. The third-order valence-electron chi connectivity index (χ3n) is 3.41. The minimum Gasteiger partial charge on any atom is -0.358 e. The van der Waals surface area contributed by atoms with E-state index in [-0.39, 0.29) is 0 Å². The summed E-state index contributed by atoms with van der Waals surface area (Å²) in [4.78, 5) is 6.74. The second-order valence-electron chi connectivity index (χ2n) is 4.99. The highest BCUT2D eigenvalue weighted by Gasteiger charge is 2.24. The number of nitrogens with zero attached hydrogens (tertiary/aromatic N) is 3. The molecule has 0 N–H and O–H groups in total. The Morgan fingerprint density at radius 3 is 2.89 bits per heavy atom. The molecule has 1 aliphatic carbocycles. The number of anilines is 1. The molecule has 2 aromatic rings. The average molecular weight is 237 g/mol. The maximum absolute atomic E-state index is 9.26. The number of para-hydroxylation sites is 1. The van der Waals surface area contributed by atoms with Crippen molar-refractivity contribution in [2.24, 2.45) is 5.92 Å². The number of benzene rings is 1. The number of hydrogen-bond acceptors (Lipinski definition) is 3. The van der Waals surface area contributed by atoms with Gasteiger partial charge in [-0.05, 0) is 30.9 Å². The van der Waals surface area contributed by atoms with Crippen LogP contribution in [0.3, 0.4) is 0 Å². The van der Waals surface area contributed by atoms with Crippen molar-refractivity contribution in [1.29, 1.82) is 5.26 Å². The van der Waals surface area contributed by atoms with Gasteiger partial charge >= 0.3 is 0 Å². The van der Waals surface area contributed by atoms with Crippen LogP contribution in [0.1, 0.15) is 18.4 Å². The van der Waals surface area contributed by atoms with Gasteiger partial charge in [0.1, 0.15) is 11.9 Å². The molecule has 0 radical (unpaired) electrons. The number of pyridine rings is 1. The lowest BCUT2D eigenvalue weighted by Gasteiger charge is -2.19. The Morgan fingerprint density at radius 2 is 2.17 bits per heavy atom. The quantitative estimate of drug-likeness (QED) is 0.824. The van der Waals surface area contributed by atoms with Crippen LogP contribution in [0.2, 0.25) is 0 Å². The van der Waals surface area contributed by atoms with Crippen molar-refractivity contribution >= 4 is 16.7 Å². The van der Waals surface area contributed by atoms with Gasteiger partial charge in [0.15, 0.2) is 0 Å². The van der Waals surface area contributed by atoms with Crippen LogP contribution in [0.5, 0.6) is 0 Å². The number of rotatable bonds is 3. The molecule has 1 heterocycles. The lowest BCUT2D eigenvalue weighted by atomic mass is 10.1. The molecule has 0 spiro atoms. The first-order chi connectivity index (χ1) is 8.78. The van der Waals surface area contributed by atoms with Crippen LogP contribution in [0.25, 0.3) is 10.9 Å². The van der Waals surface area contributed by atoms with Crippen LogP contribution in [-0.4, -0.2) is 18.6 Å². The molecule has 1 aliphatic rings. The summed E-state index contributed by atoms with van der Waals surface area (Å²) in [7, 11) is 2.02. The van der Waals surface area contributed by atoms with Gasteiger partial charge in [0.25, 0.3) is 0 Å². The fourth-order valence-electron chi connectivity index (χ4n) is 2.25. The van der Waals surface area contributed by atoms with Crippen molar-refractivity contribution in [2.45, 2.75) is 12.8 Å². The van der Waals surface area contributed by atoms with Crippen molar-refractivity contribution in [3.63, 3.8) is 0 Å². The van der Waals surface area contributed by atoms with Gasteiger partial charge in [-0.25, -0.2) is 4.98 Å². The second-order valence-corrected chi connectivity index (χ2v) is 4.99. The standard InChI is InChI=1S/C15H15N3/c1-18(10-11-6-7-11)15-13(9-16)8-12-4-2-3-5-14(12)17-15/h2-5,8,11H,6-7,10H2,1H3. The molecule has 1 saturated carbocycles. The van der Waals surface area contributed by atoms with Crippen LogP contribution < -0.4 is 4.90 Å². The molecule has 3 nitrogen and oxygen atoms in total. The largest absolute Gasteiger partial charge is 0.358 e. The summed E-state index contributed by atoms with van der Waals surface area (Å²) in [5.74, 6) is 1.60. The highest BCUT2D eigenvalue weighted by molar-refractivity contribution is 5.83. The predicted octanol–water partition coefficient (Wildman–Crippen LogP) is 2.95. The number of fused-ring (bicyclic) bond motifs is 1. The predicted molar refractivity (Wildman–Crippen MR) is 72.5 cm³/mol. The topological polar surface area (TPSA) is 39.9 Å². The summed E-state index contributed by atoms with van der Waals surface area (Å²) in [5, 5.41) is 10.3. The van der Waals surface area contributed by atoms with E-state index >= 15 is 0 Å². The third-order valence-corrected chi connectivity index (χ3v) is 3.41. The van der Waals surface area contributed by atoms with Crippen LogP contribution in [0.15, 0.2) is 30.3 Å². The summed E-state index contributed by atoms with van der Waals surface area (Å²) in [6.07, 6.45) is 2.61. The van der Waals surface area contributed by atoms with E-state index in [1.54, 1.807) is 0 Å². The van der Waals surface area contributed by atoms with Crippen LogP contribution >= 0.6 is 0 Å². The van der Waals surface area contributed by atoms with Crippen molar-refractivity contribution in [3.05, 3.63) is 35.9 Å². The first kappa shape index (κ1) is 11.0. The van der Waals surface area contributed by atoms with E-state index in [1.807, 2.05) is 37.4 Å². The van der Waals surface area contributed by atoms with Crippen molar-refractivity contribution in [3.8, 4) is 6.07 Å². The summed E-state index contributed by atoms with van der Waals surface area (Å²) in [5.41, 5.74) is 1.62. The van der Waals surface area contributed by atoms with Crippen LogP contribution in [-0.2, 0) is 0 Å². The second kappa shape index (κ2) is 4.30. The third kappa shape index (κ3) is 2.02. The Labute approximate surface area is 107 Å². The molecular formula is C15H15N3. The molecule has 1 aromatic carbocycles. The fourth-order valence-corrected chi connectivity index (χ4v) is 2.25. The van der Waals surface area contributed by atoms with E-state index in [2.05, 4.69) is 16.0 Å². The van der Waals surface area contributed by atoms with Crippen molar-refractivity contribution in [1.82, 2.24) is 4.98 Å². The minimum atomic E-state index is 0.664. The molecule has 3 rings (SSSR count). The Kier molecular flexibility index (Phi) is 2.64. The molecule has 0 bridgehead atoms. The zero-order valence-corrected chi connectivity index (χ0v) is 10.4. The highest BCUT2D eigenvalue weighted by atomic mass is 15.2. The molecule has 0 aliphatic heterocycles. The smallest absolute Gasteiger partial charge is 0.147 e. The Morgan fingerprint density at radius 1 is 1.39 bits per heavy atom. The van der Waals surface area contributed by atoms with Gasteiger partial charge in [-0.15, -0.1) is 0 Å². The van der Waals surface area contributed by atoms with Crippen LogP contribution in [0.4, 0.5) is 5.82 Å². The lowest BCUT2D eigenvalue weighted by molar-refractivity contribution is 0.778. The molecule has 1 aromatic heterocycles. The average Bonchev–Trinajstić information content (AvgIpc) is 3.21. The number of hydrogen-bond donors (Lipinski definition) is 0. The van der Waals surface area contributed by atoms with Gasteiger partial charge in [0, 0.05) is 19.0 Å². The lowest BCUT2D eigenvalue weighted by Crippen LogP contribution is -2.22. The van der Waals surface area contributed by atoms with Crippen molar-refractivity contribution < 1.29 is 0 Å². The van der Waals surface area contributed by atoms with Gasteiger partial charge < -0.3 is 4.90 Å². The zero-order valence-electron chi connectivity index (χ0n) is 10.4. The number of aromatic nitrogens is 1. The molecule has 0 amide bonds. The van der Waals surface area contributed by atoms with Gasteiger partial charge in [-0.3, -0.25) is 0 Å². The first-order valence-corrected chi connectivity index (χ1v) is 6.29. The van der Waals surface area contributed by atoms with E-state index < -0.39 is 0 Å². The summed E-state index contributed by atoms with van der Waals surface area (Å²) >= 11 is 0. The maximum atomic E-state index is 9.26. The summed E-state index contributed by atoms with van der Waals surface area (Å²) in [6.45, 7) is 1.00. The van der Waals surface area contributed by atoms with Gasteiger partial charge in [0.05, 0.1) is 11.1 Å². The molecule has 90 valence electrons.